The van der Waals surface area contributed by atoms with Gasteiger partial charge in [-0.15, -0.1) is 0 Å². The fourth-order valence-corrected chi connectivity index (χ4v) is 2.57. The molecule has 1 fully saturated rings. The molecule has 0 aliphatic carbocycles. The topological polar surface area (TPSA) is 115 Å². The molecule has 26 heavy (non-hydrogen) atoms. The number of nitrogens with zero attached hydrogens (tertiary/aromatic N) is 2. The third-order valence-electron chi connectivity index (χ3n) is 3.76. The maximum atomic E-state index is 12.1. The highest BCUT2D eigenvalue weighted by Crippen LogP contribution is 2.26. The Bertz CT molecular complexity index is 655. The second-order valence-corrected chi connectivity index (χ2v) is 7.18. The molecule has 1 amide bonds. The molecule has 1 aromatic rings. The first-order chi connectivity index (χ1) is 12.3. The summed E-state index contributed by atoms with van der Waals surface area (Å²) in [6, 6.07) is 1.71. The predicted molar refractivity (Wildman–Crippen MR) is 96.1 cm³/mol. The van der Waals surface area contributed by atoms with Gasteiger partial charge >= 0.3 is 11.8 Å². The van der Waals surface area contributed by atoms with Crippen LogP contribution in [0.25, 0.3) is 0 Å². The Balaban J connectivity index is 1.73. The van der Waals surface area contributed by atoms with Crippen molar-refractivity contribution < 1.29 is 19.4 Å². The highest BCUT2D eigenvalue weighted by molar-refractivity contribution is 5.67. The largest absolute Gasteiger partial charge is 0.444 e. The van der Waals surface area contributed by atoms with E-state index >= 15 is 0 Å². The van der Waals surface area contributed by atoms with Crippen LogP contribution in [0.4, 0.5) is 10.6 Å². The monoisotopic (exact) mass is 368 g/mol. The summed E-state index contributed by atoms with van der Waals surface area (Å²) < 4.78 is 12.2. The van der Waals surface area contributed by atoms with Crippen LogP contribution < -0.4 is 16.3 Å². The number of carbonyl (C=O) groups is 1. The van der Waals surface area contributed by atoms with Gasteiger partial charge in [0.1, 0.15) is 17.6 Å². The minimum Gasteiger partial charge on any atom is -0.444 e. The molecule has 1 aliphatic rings. The smallest absolute Gasteiger partial charge is 0.407 e. The highest BCUT2D eigenvalue weighted by atomic mass is 16.6. The number of ether oxygens (including phenoxy) is 2. The predicted octanol–water partition coefficient (Wildman–Crippen LogP) is 1.24. The van der Waals surface area contributed by atoms with Gasteiger partial charge in [0.05, 0.1) is 12.7 Å². The Labute approximate surface area is 152 Å². The van der Waals surface area contributed by atoms with Crippen molar-refractivity contribution in [3.63, 3.8) is 0 Å². The van der Waals surface area contributed by atoms with E-state index in [0.717, 1.165) is 6.42 Å². The maximum absolute atomic E-state index is 12.1. The van der Waals surface area contributed by atoms with Crippen molar-refractivity contribution in [1.82, 2.24) is 14.9 Å². The molecule has 0 bridgehead atoms. The molecule has 146 valence electrons. The van der Waals surface area contributed by atoms with Crippen molar-refractivity contribution >= 4 is 11.9 Å². The lowest BCUT2D eigenvalue weighted by Crippen LogP contribution is -2.33. The lowest BCUT2D eigenvalue weighted by atomic mass is 10.2. The molecule has 2 rings (SSSR count). The number of aliphatic hydroxyl groups is 1. The van der Waals surface area contributed by atoms with Crippen LogP contribution in [0.15, 0.2) is 17.1 Å². The Morgan fingerprint density at radius 1 is 1.42 bits per heavy atom. The average molecular weight is 368 g/mol. The molecular formula is C17H28N4O5. The number of alkyl carbamates (subject to hydrolysis) is 1. The molecule has 2 heterocycles. The fraction of sp³-hybridized carbons (Fsp3) is 0.706. The van der Waals surface area contributed by atoms with E-state index in [1.54, 1.807) is 12.3 Å². The standard InChI is InChI=1S/C17H28N4O5/c1-17(2,3)26-16(24)19-9-4-8-18-13-7-10-21(15(23)20-13)14-6-5-12(11-22)25-14/h7,10,12,14,22H,4-6,8-9,11H2,1-3H3,(H,19,24)(H,18,20,23)/t12-,14+/m0/s1. The molecule has 9 nitrogen and oxygen atoms in total. The van der Waals surface area contributed by atoms with E-state index in [0.29, 0.717) is 31.7 Å². The van der Waals surface area contributed by atoms with Gasteiger partial charge in [0.15, 0.2) is 0 Å². The molecule has 1 aromatic heterocycles. The maximum Gasteiger partial charge on any atom is 0.407 e. The molecule has 0 radical (unpaired) electrons. The highest BCUT2D eigenvalue weighted by Gasteiger charge is 2.26. The van der Waals surface area contributed by atoms with Crippen LogP contribution in [-0.4, -0.2) is 52.2 Å². The number of aromatic nitrogens is 2. The van der Waals surface area contributed by atoms with Crippen molar-refractivity contribution in [3.8, 4) is 0 Å². The summed E-state index contributed by atoms with van der Waals surface area (Å²) in [4.78, 5) is 27.6. The molecule has 3 N–H and O–H groups in total. The van der Waals surface area contributed by atoms with Crippen molar-refractivity contribution in [1.29, 1.82) is 0 Å². The van der Waals surface area contributed by atoms with Gasteiger partial charge in [-0.2, -0.15) is 4.98 Å². The Morgan fingerprint density at radius 3 is 2.81 bits per heavy atom. The average Bonchev–Trinajstić information content (AvgIpc) is 3.01. The van der Waals surface area contributed by atoms with E-state index in [1.165, 1.54) is 4.57 Å². The van der Waals surface area contributed by atoms with E-state index in [-0.39, 0.29) is 18.9 Å². The Morgan fingerprint density at radius 2 is 2.19 bits per heavy atom. The van der Waals surface area contributed by atoms with E-state index in [2.05, 4.69) is 15.6 Å². The minimum absolute atomic E-state index is 0.0460. The Hall–Kier alpha value is -2.13. The second-order valence-electron chi connectivity index (χ2n) is 7.18. The number of amides is 1. The first kappa shape index (κ1) is 20.2. The zero-order valence-corrected chi connectivity index (χ0v) is 15.5. The number of hydrogen-bond acceptors (Lipinski definition) is 7. The lowest BCUT2D eigenvalue weighted by molar-refractivity contribution is -0.0245. The molecule has 0 aromatic carbocycles. The zero-order valence-electron chi connectivity index (χ0n) is 15.5. The fourth-order valence-electron chi connectivity index (χ4n) is 2.57. The van der Waals surface area contributed by atoms with Crippen molar-refractivity contribution in [2.24, 2.45) is 0 Å². The first-order valence-electron chi connectivity index (χ1n) is 8.85. The molecule has 0 unspecified atom stereocenters. The van der Waals surface area contributed by atoms with Gasteiger partial charge in [0.25, 0.3) is 0 Å². The summed E-state index contributed by atoms with van der Waals surface area (Å²) >= 11 is 0. The van der Waals surface area contributed by atoms with Crippen LogP contribution in [0, 0.1) is 0 Å². The summed E-state index contributed by atoms with van der Waals surface area (Å²) in [5.41, 5.74) is -0.915. The zero-order chi connectivity index (χ0) is 19.2. The molecule has 1 aliphatic heterocycles. The lowest BCUT2D eigenvalue weighted by Gasteiger charge is -2.19. The SMILES string of the molecule is CC(C)(C)OC(=O)NCCCNc1ccn([C@H]2CC[C@@H](CO)O2)c(=O)n1. The van der Waals surface area contributed by atoms with Gasteiger partial charge in [0.2, 0.25) is 0 Å². The molecule has 2 atom stereocenters. The number of aliphatic hydroxyl groups excluding tert-OH is 1. The summed E-state index contributed by atoms with van der Waals surface area (Å²) in [6.45, 7) is 6.39. The van der Waals surface area contributed by atoms with Crippen LogP contribution in [0.5, 0.6) is 0 Å². The molecule has 0 saturated carbocycles. The summed E-state index contributed by atoms with van der Waals surface area (Å²) in [5.74, 6) is 0.472. The van der Waals surface area contributed by atoms with Crippen LogP contribution in [0.2, 0.25) is 0 Å². The number of rotatable bonds is 7. The summed E-state index contributed by atoms with van der Waals surface area (Å²) in [7, 11) is 0. The van der Waals surface area contributed by atoms with Gasteiger partial charge < -0.3 is 25.2 Å². The summed E-state index contributed by atoms with van der Waals surface area (Å²) in [5, 5.41) is 14.8. The van der Waals surface area contributed by atoms with E-state index in [4.69, 9.17) is 14.6 Å². The van der Waals surface area contributed by atoms with Crippen molar-refractivity contribution in [3.05, 3.63) is 22.7 Å². The third kappa shape index (κ3) is 6.30. The van der Waals surface area contributed by atoms with Crippen LogP contribution >= 0.6 is 0 Å². The second kappa shape index (κ2) is 9.00. The quantitative estimate of drug-likeness (QED) is 0.620. The van der Waals surface area contributed by atoms with Gasteiger partial charge in [-0.25, -0.2) is 9.59 Å². The number of nitrogens with one attached hydrogen (secondary N) is 2. The van der Waals surface area contributed by atoms with E-state index in [9.17, 15) is 9.59 Å². The first-order valence-corrected chi connectivity index (χ1v) is 8.85. The van der Waals surface area contributed by atoms with Crippen molar-refractivity contribution in [2.45, 2.75) is 58.0 Å². The Kier molecular flexibility index (Phi) is 6.98. The van der Waals surface area contributed by atoms with Crippen molar-refractivity contribution in [2.75, 3.05) is 25.0 Å². The minimum atomic E-state index is -0.517. The van der Waals surface area contributed by atoms with Crippen LogP contribution in [0.3, 0.4) is 0 Å². The van der Waals surface area contributed by atoms with E-state index < -0.39 is 17.4 Å². The number of carbonyl (C=O) groups excluding carboxylic acids is 1. The van der Waals surface area contributed by atoms with Crippen LogP contribution in [0.1, 0.15) is 46.3 Å². The van der Waals surface area contributed by atoms with Gasteiger partial charge in [-0.3, -0.25) is 4.57 Å². The molecule has 0 spiro atoms. The summed E-state index contributed by atoms with van der Waals surface area (Å²) in [6.07, 6.45) is 2.65. The molecule has 1 saturated heterocycles. The number of anilines is 1. The number of hydrogen-bond donors (Lipinski definition) is 3. The molecule has 9 heteroatoms. The van der Waals surface area contributed by atoms with Gasteiger partial charge in [-0.05, 0) is 46.1 Å². The normalized spacial score (nSPS) is 20.0. The molecular weight excluding hydrogens is 340 g/mol. The third-order valence-corrected chi connectivity index (χ3v) is 3.76. The van der Waals surface area contributed by atoms with E-state index in [1.807, 2.05) is 20.8 Å². The van der Waals surface area contributed by atoms with Gasteiger partial charge in [0, 0.05) is 19.3 Å². The van der Waals surface area contributed by atoms with Gasteiger partial charge in [-0.1, -0.05) is 0 Å². The van der Waals surface area contributed by atoms with Crippen LogP contribution in [-0.2, 0) is 9.47 Å².